The van der Waals surface area contributed by atoms with Gasteiger partial charge in [-0.25, -0.2) is 4.98 Å². The Balaban J connectivity index is 1.50. The first kappa shape index (κ1) is 12.7. The standard InChI is InChI=1S/C16H18N4/c17-14-4-1-13(2-5-14)10-18-8-7-12-3-6-15-16(9-12)20-11-19-15/h1-6,9,11,18H,7-8,10,17H2,(H,19,20). The Morgan fingerprint density at radius 1 is 1.05 bits per heavy atom. The van der Waals surface area contributed by atoms with E-state index < -0.39 is 0 Å². The van der Waals surface area contributed by atoms with E-state index in [1.54, 1.807) is 6.33 Å². The molecule has 0 spiro atoms. The van der Waals surface area contributed by atoms with Crippen LogP contribution in [0, 0.1) is 0 Å². The first-order chi connectivity index (χ1) is 9.81. The van der Waals surface area contributed by atoms with E-state index in [0.717, 1.165) is 36.2 Å². The first-order valence-corrected chi connectivity index (χ1v) is 6.78. The molecule has 4 heteroatoms. The summed E-state index contributed by atoms with van der Waals surface area (Å²) in [5.41, 5.74) is 11.2. The van der Waals surface area contributed by atoms with Crippen molar-refractivity contribution in [2.45, 2.75) is 13.0 Å². The number of rotatable bonds is 5. The number of nitrogen functional groups attached to an aromatic ring is 1. The van der Waals surface area contributed by atoms with Gasteiger partial charge in [-0.05, 0) is 48.4 Å². The zero-order valence-corrected chi connectivity index (χ0v) is 11.3. The summed E-state index contributed by atoms with van der Waals surface area (Å²) >= 11 is 0. The highest BCUT2D eigenvalue weighted by Crippen LogP contribution is 2.11. The molecular formula is C16H18N4. The molecule has 4 nitrogen and oxygen atoms in total. The molecule has 102 valence electrons. The van der Waals surface area contributed by atoms with Gasteiger partial charge in [-0.15, -0.1) is 0 Å². The topological polar surface area (TPSA) is 66.7 Å². The third-order valence-corrected chi connectivity index (χ3v) is 3.38. The smallest absolute Gasteiger partial charge is 0.0931 e. The number of hydrogen-bond acceptors (Lipinski definition) is 3. The van der Waals surface area contributed by atoms with Crippen LogP contribution in [0.2, 0.25) is 0 Å². The summed E-state index contributed by atoms with van der Waals surface area (Å²) in [6, 6.07) is 14.3. The number of anilines is 1. The third-order valence-electron chi connectivity index (χ3n) is 3.38. The Bertz CT molecular complexity index is 685. The van der Waals surface area contributed by atoms with Crippen LogP contribution in [-0.4, -0.2) is 16.5 Å². The largest absolute Gasteiger partial charge is 0.399 e. The molecule has 0 saturated heterocycles. The summed E-state index contributed by atoms with van der Waals surface area (Å²) in [5, 5.41) is 3.44. The third kappa shape index (κ3) is 2.97. The Labute approximate surface area is 118 Å². The lowest BCUT2D eigenvalue weighted by Gasteiger charge is -2.05. The maximum Gasteiger partial charge on any atom is 0.0931 e. The van der Waals surface area contributed by atoms with Gasteiger partial charge < -0.3 is 16.0 Å². The average molecular weight is 266 g/mol. The van der Waals surface area contributed by atoms with Gasteiger partial charge in [0, 0.05) is 12.2 Å². The van der Waals surface area contributed by atoms with E-state index in [1.165, 1.54) is 11.1 Å². The molecule has 20 heavy (non-hydrogen) atoms. The predicted molar refractivity (Wildman–Crippen MR) is 82.4 cm³/mol. The van der Waals surface area contributed by atoms with Crippen molar-refractivity contribution in [1.82, 2.24) is 15.3 Å². The zero-order chi connectivity index (χ0) is 13.8. The second-order valence-corrected chi connectivity index (χ2v) is 4.92. The van der Waals surface area contributed by atoms with Crippen LogP contribution in [0.25, 0.3) is 11.0 Å². The molecule has 0 amide bonds. The quantitative estimate of drug-likeness (QED) is 0.491. The van der Waals surface area contributed by atoms with Crippen molar-refractivity contribution < 1.29 is 0 Å². The lowest BCUT2D eigenvalue weighted by atomic mass is 10.1. The summed E-state index contributed by atoms with van der Waals surface area (Å²) < 4.78 is 0. The van der Waals surface area contributed by atoms with Crippen molar-refractivity contribution in [3.05, 3.63) is 59.9 Å². The maximum absolute atomic E-state index is 5.67. The Morgan fingerprint density at radius 2 is 1.85 bits per heavy atom. The van der Waals surface area contributed by atoms with E-state index in [0.29, 0.717) is 0 Å². The van der Waals surface area contributed by atoms with Crippen LogP contribution < -0.4 is 11.1 Å². The van der Waals surface area contributed by atoms with E-state index in [4.69, 9.17) is 5.73 Å². The Morgan fingerprint density at radius 3 is 2.70 bits per heavy atom. The molecule has 1 aromatic heterocycles. The van der Waals surface area contributed by atoms with E-state index in [9.17, 15) is 0 Å². The van der Waals surface area contributed by atoms with Crippen LogP contribution in [-0.2, 0) is 13.0 Å². The molecule has 2 aromatic carbocycles. The van der Waals surface area contributed by atoms with E-state index in [2.05, 4.69) is 45.6 Å². The molecule has 0 bridgehead atoms. The van der Waals surface area contributed by atoms with Gasteiger partial charge in [-0.1, -0.05) is 18.2 Å². The van der Waals surface area contributed by atoms with Gasteiger partial charge >= 0.3 is 0 Å². The highest BCUT2D eigenvalue weighted by Gasteiger charge is 1.99. The van der Waals surface area contributed by atoms with Crippen LogP contribution in [0.4, 0.5) is 5.69 Å². The van der Waals surface area contributed by atoms with Crippen molar-refractivity contribution in [3.63, 3.8) is 0 Å². The first-order valence-electron chi connectivity index (χ1n) is 6.78. The highest BCUT2D eigenvalue weighted by atomic mass is 14.9. The normalized spacial score (nSPS) is 11.0. The second kappa shape index (κ2) is 5.75. The fourth-order valence-corrected chi connectivity index (χ4v) is 2.24. The predicted octanol–water partition coefficient (Wildman–Crippen LogP) is 2.48. The van der Waals surface area contributed by atoms with Crippen molar-refractivity contribution in [2.24, 2.45) is 0 Å². The van der Waals surface area contributed by atoms with Crippen LogP contribution in [0.15, 0.2) is 48.8 Å². The van der Waals surface area contributed by atoms with Gasteiger partial charge in [0.1, 0.15) is 0 Å². The number of aromatic nitrogens is 2. The number of nitrogens with one attached hydrogen (secondary N) is 2. The van der Waals surface area contributed by atoms with Crippen LogP contribution in [0.5, 0.6) is 0 Å². The lowest BCUT2D eigenvalue weighted by Crippen LogP contribution is -2.16. The lowest BCUT2D eigenvalue weighted by molar-refractivity contribution is 0.687. The van der Waals surface area contributed by atoms with Crippen molar-refractivity contribution in [2.75, 3.05) is 12.3 Å². The van der Waals surface area contributed by atoms with Gasteiger partial charge in [0.2, 0.25) is 0 Å². The second-order valence-electron chi connectivity index (χ2n) is 4.92. The molecule has 3 aromatic rings. The number of imidazole rings is 1. The monoisotopic (exact) mass is 266 g/mol. The van der Waals surface area contributed by atoms with Gasteiger partial charge in [0.05, 0.1) is 17.4 Å². The summed E-state index contributed by atoms with van der Waals surface area (Å²) in [6.07, 6.45) is 2.73. The number of hydrogen-bond donors (Lipinski definition) is 3. The summed E-state index contributed by atoms with van der Waals surface area (Å²) in [4.78, 5) is 7.36. The number of H-pyrrole nitrogens is 1. The molecule has 1 heterocycles. The SMILES string of the molecule is Nc1ccc(CNCCc2ccc3nc[nH]c3c2)cc1. The van der Waals surface area contributed by atoms with E-state index in [1.807, 2.05) is 12.1 Å². The van der Waals surface area contributed by atoms with Gasteiger partial charge in [0.15, 0.2) is 0 Å². The molecule has 0 unspecified atom stereocenters. The maximum atomic E-state index is 5.67. The van der Waals surface area contributed by atoms with Gasteiger partial charge in [-0.2, -0.15) is 0 Å². The molecule has 3 rings (SSSR count). The van der Waals surface area contributed by atoms with Crippen LogP contribution in [0.1, 0.15) is 11.1 Å². The van der Waals surface area contributed by atoms with Crippen LogP contribution in [0.3, 0.4) is 0 Å². The number of nitrogens with zero attached hydrogens (tertiary/aromatic N) is 1. The minimum absolute atomic E-state index is 0.807. The molecule has 0 saturated carbocycles. The number of fused-ring (bicyclic) bond motifs is 1. The molecule has 0 aliphatic rings. The van der Waals surface area contributed by atoms with Crippen molar-refractivity contribution in [3.8, 4) is 0 Å². The number of aromatic amines is 1. The number of nitrogens with two attached hydrogens (primary N) is 1. The highest BCUT2D eigenvalue weighted by molar-refractivity contribution is 5.75. The molecule has 0 fully saturated rings. The van der Waals surface area contributed by atoms with Crippen molar-refractivity contribution in [1.29, 1.82) is 0 Å². The molecule has 0 aliphatic heterocycles. The molecule has 0 aliphatic carbocycles. The molecular weight excluding hydrogens is 248 g/mol. The Kier molecular flexibility index (Phi) is 3.65. The summed E-state index contributed by atoms with van der Waals surface area (Å²) in [5.74, 6) is 0. The average Bonchev–Trinajstić information content (AvgIpc) is 2.93. The van der Waals surface area contributed by atoms with E-state index >= 15 is 0 Å². The van der Waals surface area contributed by atoms with Gasteiger partial charge in [0.25, 0.3) is 0 Å². The summed E-state index contributed by atoms with van der Waals surface area (Å²) in [6.45, 7) is 1.82. The zero-order valence-electron chi connectivity index (χ0n) is 11.3. The fraction of sp³-hybridized carbons (Fsp3) is 0.188. The Hall–Kier alpha value is -2.33. The summed E-state index contributed by atoms with van der Waals surface area (Å²) in [7, 11) is 0. The van der Waals surface area contributed by atoms with Crippen LogP contribution >= 0.6 is 0 Å². The minimum Gasteiger partial charge on any atom is -0.399 e. The fourth-order valence-electron chi connectivity index (χ4n) is 2.24. The molecule has 4 N–H and O–H groups in total. The van der Waals surface area contributed by atoms with E-state index in [-0.39, 0.29) is 0 Å². The van der Waals surface area contributed by atoms with Crippen molar-refractivity contribution >= 4 is 16.7 Å². The molecule has 0 atom stereocenters. The molecule has 0 radical (unpaired) electrons. The van der Waals surface area contributed by atoms with Gasteiger partial charge in [-0.3, -0.25) is 0 Å². The number of benzene rings is 2. The minimum atomic E-state index is 0.807.